The van der Waals surface area contributed by atoms with Crippen LogP contribution in [0.15, 0.2) is 0 Å². The molecule has 2 N–H and O–H groups in total. The minimum Gasteiger partial charge on any atom is -0.390 e. The van der Waals surface area contributed by atoms with Gasteiger partial charge in [0.1, 0.15) is 0 Å². The van der Waals surface area contributed by atoms with Gasteiger partial charge in [-0.3, -0.25) is 0 Å². The fourth-order valence-corrected chi connectivity index (χ4v) is 2.78. The van der Waals surface area contributed by atoms with E-state index in [0.29, 0.717) is 25.9 Å². The van der Waals surface area contributed by atoms with Crippen LogP contribution < -0.4 is 5.32 Å². The fourth-order valence-electron chi connectivity index (χ4n) is 2.78. The summed E-state index contributed by atoms with van der Waals surface area (Å²) in [6.45, 7) is 0.408. The lowest BCUT2D eigenvalue weighted by Crippen LogP contribution is -2.49. The Bertz CT molecular complexity index is 356. The predicted molar refractivity (Wildman–Crippen MR) is 67.2 cm³/mol. The van der Waals surface area contributed by atoms with Crippen molar-refractivity contribution in [2.24, 2.45) is 5.92 Å². The third-order valence-electron chi connectivity index (χ3n) is 4.32. The molecular formula is C13H21F3N2O2. The van der Waals surface area contributed by atoms with Crippen molar-refractivity contribution in [3.8, 4) is 0 Å². The second-order valence-electron chi connectivity index (χ2n) is 5.89. The molecule has 1 saturated carbocycles. The van der Waals surface area contributed by atoms with Crippen LogP contribution in [-0.4, -0.2) is 47.4 Å². The summed E-state index contributed by atoms with van der Waals surface area (Å²) in [4.78, 5) is 13.1. The number of piperidine rings is 1. The molecule has 1 heterocycles. The molecule has 0 radical (unpaired) electrons. The van der Waals surface area contributed by atoms with E-state index in [-0.39, 0.29) is 13.0 Å². The number of urea groups is 1. The number of amides is 2. The zero-order valence-electron chi connectivity index (χ0n) is 11.4. The van der Waals surface area contributed by atoms with Gasteiger partial charge in [0.25, 0.3) is 0 Å². The van der Waals surface area contributed by atoms with Gasteiger partial charge < -0.3 is 15.3 Å². The zero-order chi connectivity index (χ0) is 14.8. The monoisotopic (exact) mass is 294 g/mol. The molecule has 0 aromatic carbocycles. The number of likely N-dealkylation sites (tertiary alicyclic amines) is 1. The minimum atomic E-state index is -4.24. The van der Waals surface area contributed by atoms with Gasteiger partial charge in [0.05, 0.1) is 11.5 Å². The number of carbonyl (C=O) groups is 1. The molecule has 4 nitrogen and oxygen atoms in total. The van der Waals surface area contributed by atoms with Gasteiger partial charge >= 0.3 is 12.2 Å². The van der Waals surface area contributed by atoms with Crippen molar-refractivity contribution in [1.29, 1.82) is 0 Å². The molecule has 1 aliphatic carbocycles. The first kappa shape index (κ1) is 15.4. The van der Waals surface area contributed by atoms with Gasteiger partial charge in [-0.1, -0.05) is 0 Å². The van der Waals surface area contributed by atoms with Gasteiger partial charge in [-0.25, -0.2) is 4.79 Å². The molecule has 1 saturated heterocycles. The third kappa shape index (κ3) is 3.77. The normalized spacial score (nSPS) is 26.0. The van der Waals surface area contributed by atoms with Crippen LogP contribution in [-0.2, 0) is 0 Å². The molecular weight excluding hydrogens is 273 g/mol. The molecule has 1 aliphatic heterocycles. The summed E-state index contributed by atoms with van der Waals surface area (Å²) in [5.41, 5.74) is -0.677. The predicted octanol–water partition coefficient (Wildman–Crippen LogP) is 2.28. The summed E-state index contributed by atoms with van der Waals surface area (Å²) in [6, 6.07) is -0.457. The molecule has 7 heteroatoms. The molecule has 1 atom stereocenters. The second kappa shape index (κ2) is 5.79. The summed E-state index contributed by atoms with van der Waals surface area (Å²) in [6.07, 6.45) is -0.834. The molecule has 1 unspecified atom stereocenters. The third-order valence-corrected chi connectivity index (χ3v) is 4.32. The number of aliphatic hydroxyl groups is 1. The van der Waals surface area contributed by atoms with Crippen LogP contribution in [0.2, 0.25) is 0 Å². The Morgan fingerprint density at radius 1 is 1.35 bits per heavy atom. The van der Waals surface area contributed by atoms with Crippen LogP contribution in [0.3, 0.4) is 0 Å². The molecule has 20 heavy (non-hydrogen) atoms. The highest BCUT2D eigenvalue weighted by Gasteiger charge is 2.42. The highest BCUT2D eigenvalue weighted by molar-refractivity contribution is 5.74. The minimum absolute atomic E-state index is 0.0903. The maximum absolute atomic E-state index is 12.6. The molecule has 2 fully saturated rings. The van der Waals surface area contributed by atoms with E-state index in [0.717, 1.165) is 19.3 Å². The summed E-state index contributed by atoms with van der Waals surface area (Å²) < 4.78 is 37.9. The van der Waals surface area contributed by atoms with Crippen molar-refractivity contribution in [2.45, 2.75) is 50.3 Å². The van der Waals surface area contributed by atoms with Crippen molar-refractivity contribution in [3.05, 3.63) is 0 Å². The average Bonchev–Trinajstić information content (AvgIpc) is 2.36. The van der Waals surface area contributed by atoms with Crippen molar-refractivity contribution in [3.63, 3.8) is 0 Å². The quantitative estimate of drug-likeness (QED) is 0.839. The Kier molecular flexibility index (Phi) is 4.46. The number of hydrogen-bond donors (Lipinski definition) is 2. The Morgan fingerprint density at radius 3 is 2.60 bits per heavy atom. The largest absolute Gasteiger partial charge is 0.393 e. The number of nitrogens with one attached hydrogen (secondary N) is 1. The molecule has 0 aromatic rings. The first-order valence-corrected chi connectivity index (χ1v) is 7.12. The summed E-state index contributed by atoms with van der Waals surface area (Å²) >= 11 is 0. The first-order valence-electron chi connectivity index (χ1n) is 7.12. The van der Waals surface area contributed by atoms with Gasteiger partial charge in [-0.15, -0.1) is 0 Å². The molecule has 0 aromatic heterocycles. The molecule has 2 rings (SSSR count). The average molecular weight is 294 g/mol. The van der Waals surface area contributed by atoms with Crippen LogP contribution in [0.1, 0.15) is 38.5 Å². The van der Waals surface area contributed by atoms with E-state index in [1.807, 2.05) is 0 Å². The standard InChI is InChI=1S/C13H21F3N2O2/c14-13(15,16)10-3-1-8-18(9-10)11(19)17-7-6-12(20)4-2-5-12/h10,20H,1-9H2,(H,17,19). The smallest absolute Gasteiger partial charge is 0.390 e. The van der Waals surface area contributed by atoms with Crippen molar-refractivity contribution >= 4 is 6.03 Å². The van der Waals surface area contributed by atoms with Crippen molar-refractivity contribution in [2.75, 3.05) is 19.6 Å². The van der Waals surface area contributed by atoms with Crippen molar-refractivity contribution < 1.29 is 23.1 Å². The van der Waals surface area contributed by atoms with E-state index in [2.05, 4.69) is 5.32 Å². The first-order chi connectivity index (χ1) is 9.30. The highest BCUT2D eigenvalue weighted by atomic mass is 19.4. The zero-order valence-corrected chi connectivity index (χ0v) is 11.4. The lowest BCUT2D eigenvalue weighted by Gasteiger charge is -2.37. The van der Waals surface area contributed by atoms with E-state index in [9.17, 15) is 23.1 Å². The van der Waals surface area contributed by atoms with Gasteiger partial charge in [-0.05, 0) is 38.5 Å². The van der Waals surface area contributed by atoms with Crippen LogP contribution >= 0.6 is 0 Å². The molecule has 116 valence electrons. The lowest BCUT2D eigenvalue weighted by atomic mass is 9.78. The summed E-state index contributed by atoms with van der Waals surface area (Å²) in [5, 5.41) is 12.5. The Labute approximate surface area is 116 Å². The number of carbonyl (C=O) groups excluding carboxylic acids is 1. The van der Waals surface area contributed by atoms with E-state index in [4.69, 9.17) is 0 Å². The van der Waals surface area contributed by atoms with Gasteiger partial charge in [0.2, 0.25) is 0 Å². The summed E-state index contributed by atoms with van der Waals surface area (Å²) in [5.74, 6) is -1.42. The van der Waals surface area contributed by atoms with Gasteiger partial charge in [0, 0.05) is 19.6 Å². The van der Waals surface area contributed by atoms with E-state index in [1.54, 1.807) is 0 Å². The molecule has 0 spiro atoms. The Balaban J connectivity index is 1.74. The number of nitrogens with zero attached hydrogens (tertiary/aromatic N) is 1. The van der Waals surface area contributed by atoms with Crippen LogP contribution in [0.25, 0.3) is 0 Å². The Morgan fingerprint density at radius 2 is 2.05 bits per heavy atom. The van der Waals surface area contributed by atoms with Gasteiger partial charge in [0.15, 0.2) is 0 Å². The number of rotatable bonds is 3. The number of halogens is 3. The summed E-state index contributed by atoms with van der Waals surface area (Å²) in [7, 11) is 0. The van der Waals surface area contributed by atoms with E-state index in [1.165, 1.54) is 4.90 Å². The maximum Gasteiger partial charge on any atom is 0.393 e. The second-order valence-corrected chi connectivity index (χ2v) is 5.89. The van der Waals surface area contributed by atoms with Crippen LogP contribution in [0.4, 0.5) is 18.0 Å². The molecule has 2 amide bonds. The highest BCUT2D eigenvalue weighted by Crippen LogP contribution is 2.34. The lowest BCUT2D eigenvalue weighted by molar-refractivity contribution is -0.183. The number of hydrogen-bond acceptors (Lipinski definition) is 2. The van der Waals surface area contributed by atoms with E-state index < -0.39 is 23.7 Å². The van der Waals surface area contributed by atoms with Crippen LogP contribution in [0, 0.1) is 5.92 Å². The SMILES string of the molecule is O=C(NCCC1(O)CCC1)N1CCCC(C(F)(F)F)C1. The maximum atomic E-state index is 12.6. The molecule has 2 aliphatic rings. The van der Waals surface area contributed by atoms with Crippen molar-refractivity contribution in [1.82, 2.24) is 10.2 Å². The topological polar surface area (TPSA) is 52.6 Å². The van der Waals surface area contributed by atoms with Gasteiger partial charge in [-0.2, -0.15) is 13.2 Å². The Hall–Kier alpha value is -0.980. The van der Waals surface area contributed by atoms with E-state index >= 15 is 0 Å². The molecule has 0 bridgehead atoms. The number of alkyl halides is 3. The van der Waals surface area contributed by atoms with Crippen LogP contribution in [0.5, 0.6) is 0 Å². The fraction of sp³-hybridized carbons (Fsp3) is 0.923.